The van der Waals surface area contributed by atoms with Crippen molar-refractivity contribution in [3.05, 3.63) is 69.5 Å². The largest absolute Gasteiger partial charge is 0.449 e. The summed E-state index contributed by atoms with van der Waals surface area (Å²) in [5.74, 6) is -1.70. The molecule has 0 radical (unpaired) electrons. The lowest BCUT2D eigenvalue weighted by atomic mass is 10.1. The first-order valence-electron chi connectivity index (χ1n) is 10.5. The third kappa shape index (κ3) is 5.60. The molecule has 1 amide bonds. The van der Waals surface area contributed by atoms with Crippen molar-refractivity contribution < 1.29 is 23.6 Å². The van der Waals surface area contributed by atoms with E-state index in [2.05, 4.69) is 0 Å². The van der Waals surface area contributed by atoms with Crippen molar-refractivity contribution >= 4 is 23.3 Å². The zero-order valence-electron chi connectivity index (χ0n) is 18.1. The van der Waals surface area contributed by atoms with Crippen LogP contribution in [0, 0.1) is 15.9 Å². The van der Waals surface area contributed by atoms with Crippen LogP contribution in [-0.2, 0) is 16.1 Å². The first-order valence-corrected chi connectivity index (χ1v) is 10.5. The highest BCUT2D eigenvalue weighted by atomic mass is 19.1. The first kappa shape index (κ1) is 23.2. The number of likely N-dealkylation sites (N-methyl/N-ethyl adjacent to an activating group) is 1. The summed E-state index contributed by atoms with van der Waals surface area (Å²) in [5.41, 5.74) is 0.918. The maximum absolute atomic E-state index is 13.3. The molecule has 1 heterocycles. The molecule has 0 aromatic heterocycles. The minimum absolute atomic E-state index is 0.00453. The molecule has 1 unspecified atom stereocenters. The van der Waals surface area contributed by atoms with Crippen LogP contribution in [0.2, 0.25) is 0 Å². The number of nitro groups is 1. The molecule has 0 N–H and O–H groups in total. The van der Waals surface area contributed by atoms with Crippen LogP contribution >= 0.6 is 0 Å². The number of hydrogen-bond acceptors (Lipinski definition) is 6. The molecule has 8 nitrogen and oxygen atoms in total. The van der Waals surface area contributed by atoms with E-state index < -0.39 is 28.7 Å². The van der Waals surface area contributed by atoms with Gasteiger partial charge in [-0.15, -0.1) is 0 Å². The predicted octanol–water partition coefficient (Wildman–Crippen LogP) is 3.93. The van der Waals surface area contributed by atoms with Crippen LogP contribution in [-0.4, -0.2) is 47.9 Å². The van der Waals surface area contributed by atoms with Gasteiger partial charge in [-0.25, -0.2) is 9.18 Å². The van der Waals surface area contributed by atoms with Crippen molar-refractivity contribution in [3.8, 4) is 0 Å². The zero-order valence-corrected chi connectivity index (χ0v) is 18.1. The minimum atomic E-state index is -1.11. The third-order valence-electron chi connectivity index (χ3n) is 5.42. The summed E-state index contributed by atoms with van der Waals surface area (Å²) in [7, 11) is 1.52. The smallest absolute Gasteiger partial charge is 0.339 e. The fraction of sp³-hybridized carbons (Fsp3) is 0.391. The second-order valence-corrected chi connectivity index (χ2v) is 7.88. The second kappa shape index (κ2) is 10.2. The van der Waals surface area contributed by atoms with Gasteiger partial charge >= 0.3 is 5.97 Å². The maximum Gasteiger partial charge on any atom is 0.339 e. The van der Waals surface area contributed by atoms with Gasteiger partial charge in [-0.05, 0) is 56.0 Å². The molecule has 0 spiro atoms. The molecule has 0 saturated carbocycles. The van der Waals surface area contributed by atoms with E-state index >= 15 is 0 Å². The number of piperidine rings is 1. The molecular formula is C23H26FN3O5. The molecule has 2 aromatic carbocycles. The van der Waals surface area contributed by atoms with Gasteiger partial charge in [0.05, 0.1) is 10.5 Å². The summed E-state index contributed by atoms with van der Waals surface area (Å²) in [4.78, 5) is 39.5. The molecular weight excluding hydrogens is 417 g/mol. The molecule has 0 bridgehead atoms. The lowest BCUT2D eigenvalue weighted by molar-refractivity contribution is -0.384. The van der Waals surface area contributed by atoms with Crippen LogP contribution in [0.1, 0.15) is 42.1 Å². The molecule has 1 aliphatic heterocycles. The molecule has 1 saturated heterocycles. The standard InChI is InChI=1S/C23H26FN3O5/c1-16(22(28)25(2)15-17-7-6-8-19(24)13-17)32-23(29)18-9-10-20(21(14-18)27(30)31)26-11-4-3-5-12-26/h6-10,13-14,16H,3-5,11-12,15H2,1-2H3. The van der Waals surface area contributed by atoms with Crippen LogP contribution in [0.15, 0.2) is 42.5 Å². The number of rotatable bonds is 7. The van der Waals surface area contributed by atoms with E-state index in [4.69, 9.17) is 4.74 Å². The Morgan fingerprint density at radius 2 is 1.91 bits per heavy atom. The summed E-state index contributed by atoms with van der Waals surface area (Å²) in [6.45, 7) is 3.04. The predicted molar refractivity (Wildman–Crippen MR) is 117 cm³/mol. The number of nitrogens with zero attached hydrogens (tertiary/aromatic N) is 3. The number of hydrogen-bond donors (Lipinski definition) is 0. The summed E-state index contributed by atoms with van der Waals surface area (Å²) in [6.07, 6.45) is 1.91. The van der Waals surface area contributed by atoms with Gasteiger partial charge in [-0.1, -0.05) is 12.1 Å². The Morgan fingerprint density at radius 3 is 2.56 bits per heavy atom. The number of carbonyl (C=O) groups excluding carboxylic acids is 2. The number of carbonyl (C=O) groups is 2. The fourth-order valence-electron chi connectivity index (χ4n) is 3.78. The second-order valence-electron chi connectivity index (χ2n) is 7.88. The highest BCUT2D eigenvalue weighted by Gasteiger charge is 2.26. The number of ether oxygens (including phenoxy) is 1. The van der Waals surface area contributed by atoms with Crippen molar-refractivity contribution in [1.29, 1.82) is 0 Å². The quantitative estimate of drug-likeness (QED) is 0.366. The molecule has 32 heavy (non-hydrogen) atoms. The van der Waals surface area contributed by atoms with Gasteiger partial charge in [0, 0.05) is 32.7 Å². The minimum Gasteiger partial charge on any atom is -0.449 e. The van der Waals surface area contributed by atoms with Gasteiger partial charge in [0.2, 0.25) is 0 Å². The zero-order chi connectivity index (χ0) is 23.3. The molecule has 3 rings (SSSR count). The Bertz CT molecular complexity index is 1010. The van der Waals surface area contributed by atoms with E-state index in [1.54, 1.807) is 18.2 Å². The Balaban J connectivity index is 1.68. The SMILES string of the molecule is CC(OC(=O)c1ccc(N2CCCCC2)c([N+](=O)[O-])c1)C(=O)N(C)Cc1cccc(F)c1. The molecule has 1 atom stereocenters. The Labute approximate surface area is 185 Å². The van der Waals surface area contributed by atoms with E-state index in [0.717, 1.165) is 32.4 Å². The van der Waals surface area contributed by atoms with E-state index in [9.17, 15) is 24.1 Å². The number of nitro benzene ring substituents is 1. The first-order chi connectivity index (χ1) is 15.3. The van der Waals surface area contributed by atoms with Crippen LogP contribution in [0.3, 0.4) is 0 Å². The van der Waals surface area contributed by atoms with E-state index in [1.807, 2.05) is 4.90 Å². The third-order valence-corrected chi connectivity index (χ3v) is 5.42. The van der Waals surface area contributed by atoms with Crippen molar-refractivity contribution in [2.75, 3.05) is 25.0 Å². The highest BCUT2D eigenvalue weighted by molar-refractivity contribution is 5.93. The van der Waals surface area contributed by atoms with E-state index in [1.165, 1.54) is 43.1 Å². The van der Waals surface area contributed by atoms with Crippen LogP contribution in [0.4, 0.5) is 15.8 Å². The van der Waals surface area contributed by atoms with Crippen molar-refractivity contribution in [2.24, 2.45) is 0 Å². The molecule has 2 aromatic rings. The lowest BCUT2D eigenvalue weighted by Gasteiger charge is -2.28. The molecule has 9 heteroatoms. The van der Waals surface area contributed by atoms with E-state index in [0.29, 0.717) is 11.3 Å². The van der Waals surface area contributed by atoms with Gasteiger partial charge in [-0.3, -0.25) is 14.9 Å². The van der Waals surface area contributed by atoms with Crippen molar-refractivity contribution in [3.63, 3.8) is 0 Å². The van der Waals surface area contributed by atoms with Crippen molar-refractivity contribution in [2.45, 2.75) is 38.8 Å². The van der Waals surface area contributed by atoms with Gasteiger partial charge < -0.3 is 14.5 Å². The summed E-state index contributed by atoms with van der Waals surface area (Å²) in [6, 6.07) is 10.1. The van der Waals surface area contributed by atoms with Gasteiger partial charge in [0.25, 0.3) is 11.6 Å². The van der Waals surface area contributed by atoms with Gasteiger partial charge in [-0.2, -0.15) is 0 Å². The van der Waals surface area contributed by atoms with Crippen LogP contribution in [0.5, 0.6) is 0 Å². The number of benzene rings is 2. The highest BCUT2D eigenvalue weighted by Crippen LogP contribution is 2.31. The normalized spacial score (nSPS) is 14.5. The summed E-state index contributed by atoms with van der Waals surface area (Å²) >= 11 is 0. The van der Waals surface area contributed by atoms with E-state index in [-0.39, 0.29) is 17.8 Å². The topological polar surface area (TPSA) is 93.0 Å². The number of amides is 1. The van der Waals surface area contributed by atoms with Crippen molar-refractivity contribution in [1.82, 2.24) is 4.90 Å². The Kier molecular flexibility index (Phi) is 7.40. The summed E-state index contributed by atoms with van der Waals surface area (Å²) in [5, 5.41) is 11.6. The molecule has 0 aliphatic carbocycles. The Morgan fingerprint density at radius 1 is 1.19 bits per heavy atom. The van der Waals surface area contributed by atoms with Gasteiger partial charge in [0.15, 0.2) is 6.10 Å². The monoisotopic (exact) mass is 443 g/mol. The maximum atomic E-state index is 13.3. The fourth-order valence-corrected chi connectivity index (χ4v) is 3.78. The average Bonchev–Trinajstić information content (AvgIpc) is 2.78. The molecule has 1 fully saturated rings. The number of anilines is 1. The van der Waals surface area contributed by atoms with Crippen LogP contribution < -0.4 is 4.90 Å². The summed E-state index contributed by atoms with van der Waals surface area (Å²) < 4.78 is 18.6. The molecule has 1 aliphatic rings. The lowest BCUT2D eigenvalue weighted by Crippen LogP contribution is -2.37. The Hall–Kier alpha value is -3.49. The van der Waals surface area contributed by atoms with Gasteiger partial charge in [0.1, 0.15) is 11.5 Å². The van der Waals surface area contributed by atoms with Crippen LogP contribution in [0.25, 0.3) is 0 Å². The number of esters is 1. The average molecular weight is 443 g/mol. The molecule has 170 valence electrons. The number of halogens is 1.